The zero-order valence-corrected chi connectivity index (χ0v) is 20.5. The Bertz CT molecular complexity index is 1350. The minimum atomic E-state index is -5.68. The number of rotatable bonds is 3. The number of carbonyl (C=O) groups excluding carboxylic acids is 1. The molecule has 3 aromatic rings. The van der Waals surface area contributed by atoms with Gasteiger partial charge in [0.2, 0.25) is 17.5 Å². The van der Waals surface area contributed by atoms with Crippen molar-refractivity contribution >= 4 is 5.78 Å². The maximum Gasteiger partial charge on any atom is 0.436 e. The van der Waals surface area contributed by atoms with Crippen LogP contribution in [0, 0.1) is 24.5 Å². The van der Waals surface area contributed by atoms with Crippen molar-refractivity contribution in [3.8, 4) is 11.6 Å². The van der Waals surface area contributed by atoms with Crippen molar-refractivity contribution in [3.63, 3.8) is 0 Å². The van der Waals surface area contributed by atoms with Gasteiger partial charge in [-0.25, -0.2) is 14.4 Å². The Morgan fingerprint density at radius 1 is 0.838 bits per heavy atom. The number of aromatic nitrogens is 4. The molecule has 0 amide bonds. The summed E-state index contributed by atoms with van der Waals surface area (Å²) in [6.45, 7) is 0.762. The van der Waals surface area contributed by atoms with Crippen LogP contribution in [-0.2, 0) is 38.0 Å². The average molecular weight is 604 g/mol. The molecule has 0 saturated heterocycles. The number of aryl methyl sites for hydroxylation is 1. The first-order valence-electron chi connectivity index (χ1n) is 8.87. The fourth-order valence-electron chi connectivity index (χ4n) is 2.91. The maximum atomic E-state index is 14.4. The van der Waals surface area contributed by atoms with E-state index >= 15 is 0 Å². The Labute approximate surface area is 208 Å². The Morgan fingerprint density at radius 3 is 1.76 bits per heavy atom. The predicted molar refractivity (Wildman–Crippen MR) is 90.3 cm³/mol. The van der Waals surface area contributed by atoms with Crippen LogP contribution >= 0.6 is 0 Å². The first-order valence-corrected chi connectivity index (χ1v) is 8.87. The molecule has 0 aliphatic carbocycles. The van der Waals surface area contributed by atoms with Crippen molar-refractivity contribution < 1.29 is 82.1 Å². The zero-order valence-electron chi connectivity index (χ0n) is 17.5. The number of hydrogen-bond acceptors (Lipinski definition) is 5. The summed E-state index contributed by atoms with van der Waals surface area (Å²) in [5, 5.41) is 13.4. The minimum Gasteiger partial charge on any atom is -0.493 e. The molecule has 0 fully saturated rings. The third-order valence-electron chi connectivity index (χ3n) is 4.43. The molecule has 3 heterocycles. The third kappa shape index (κ3) is 5.55. The molecule has 3 aromatic heterocycles. The van der Waals surface area contributed by atoms with Crippen molar-refractivity contribution in [2.75, 3.05) is 0 Å². The molecular formula is C18H6F12N4O2Zn. The largest absolute Gasteiger partial charge is 0.493 e. The van der Waals surface area contributed by atoms with Crippen LogP contribution in [0.5, 0.6) is 5.88 Å². The second kappa shape index (κ2) is 9.57. The molecule has 1 N–H and O–H groups in total. The molecule has 0 bridgehead atoms. The van der Waals surface area contributed by atoms with E-state index < -0.39 is 92.0 Å². The molecule has 0 aromatic carbocycles. The summed E-state index contributed by atoms with van der Waals surface area (Å²) >= 11 is 0. The molecule has 0 atom stereocenters. The molecule has 0 radical (unpaired) electrons. The fraction of sp³-hybridized carbons (Fsp3) is 0.222. The van der Waals surface area contributed by atoms with Gasteiger partial charge in [-0.15, -0.1) is 0 Å². The van der Waals surface area contributed by atoms with Gasteiger partial charge in [-0.1, -0.05) is 0 Å². The van der Waals surface area contributed by atoms with E-state index in [1.54, 1.807) is 0 Å². The monoisotopic (exact) mass is 602 g/mol. The number of nitrogens with zero attached hydrogens (tertiary/aromatic N) is 4. The summed E-state index contributed by atoms with van der Waals surface area (Å²) in [7, 11) is 0. The summed E-state index contributed by atoms with van der Waals surface area (Å²) in [6, 6.07) is -0.272. The first-order chi connectivity index (χ1) is 16.2. The van der Waals surface area contributed by atoms with Crippen molar-refractivity contribution in [3.05, 3.63) is 63.6 Å². The molecule has 6 nitrogen and oxygen atoms in total. The molecule has 0 spiro atoms. The number of aromatic hydroxyl groups is 1. The summed E-state index contributed by atoms with van der Waals surface area (Å²) in [4.78, 5) is 17.2. The van der Waals surface area contributed by atoms with E-state index in [2.05, 4.69) is 15.1 Å². The van der Waals surface area contributed by atoms with E-state index in [4.69, 9.17) is 0 Å². The average Bonchev–Trinajstić information content (AvgIpc) is 3.01. The van der Waals surface area contributed by atoms with Crippen LogP contribution in [0.4, 0.5) is 52.7 Å². The minimum absolute atomic E-state index is 0. The quantitative estimate of drug-likeness (QED) is 0.188. The smallest absolute Gasteiger partial charge is 0.436 e. The number of hydrogen-bond donors (Lipinski definition) is 1. The van der Waals surface area contributed by atoms with Crippen LogP contribution in [0.15, 0.2) is 12.1 Å². The van der Waals surface area contributed by atoms with E-state index in [1.807, 2.05) is 0 Å². The number of alkyl halides is 9. The molecular weight excluding hydrogens is 598 g/mol. The Hall–Kier alpha value is -3.24. The Kier molecular flexibility index (Phi) is 7.76. The van der Waals surface area contributed by atoms with Crippen LogP contribution in [0.25, 0.3) is 5.69 Å². The third-order valence-corrected chi connectivity index (χ3v) is 4.43. The van der Waals surface area contributed by atoms with Gasteiger partial charge in [0.05, 0.1) is 5.69 Å². The van der Waals surface area contributed by atoms with Crippen LogP contribution in [-0.4, -0.2) is 30.6 Å². The summed E-state index contributed by atoms with van der Waals surface area (Å²) in [5.74, 6) is -11.1. The molecule has 37 heavy (non-hydrogen) atoms. The fourth-order valence-corrected chi connectivity index (χ4v) is 2.91. The van der Waals surface area contributed by atoms with Gasteiger partial charge in [0.25, 0.3) is 5.95 Å². The first kappa shape index (κ1) is 30.0. The molecule has 3 rings (SSSR count). The number of ketones is 1. The van der Waals surface area contributed by atoms with Gasteiger partial charge < -0.3 is 5.11 Å². The van der Waals surface area contributed by atoms with Gasteiger partial charge >= 0.3 is 18.5 Å². The SMILES string of the molecule is Cc1nn(-c2c(F)c(F)nc(C(F)(F)F)c2F)c(O)c1C(=O)c1cc(C(F)(F)F)nc(C(F)(F)F)c1.[Zn]. The molecule has 0 aliphatic rings. The van der Waals surface area contributed by atoms with Gasteiger partial charge in [-0.2, -0.15) is 58.1 Å². The van der Waals surface area contributed by atoms with Crippen molar-refractivity contribution in [2.24, 2.45) is 0 Å². The second-order valence-electron chi connectivity index (χ2n) is 6.87. The normalized spacial score (nSPS) is 12.5. The molecule has 0 aliphatic heterocycles. The van der Waals surface area contributed by atoms with E-state index in [-0.39, 0.29) is 31.6 Å². The van der Waals surface area contributed by atoms with Gasteiger partial charge in [-0.3, -0.25) is 4.79 Å². The van der Waals surface area contributed by atoms with E-state index in [1.165, 1.54) is 0 Å². The van der Waals surface area contributed by atoms with Gasteiger partial charge in [-0.05, 0) is 19.1 Å². The van der Waals surface area contributed by atoms with Crippen LogP contribution in [0.1, 0.15) is 38.7 Å². The van der Waals surface area contributed by atoms with Crippen molar-refractivity contribution in [1.82, 2.24) is 19.7 Å². The molecule has 0 unspecified atom stereocenters. The Balaban J connectivity index is 0.00000481. The molecule has 0 saturated carbocycles. The zero-order chi connectivity index (χ0) is 27.5. The maximum absolute atomic E-state index is 14.4. The van der Waals surface area contributed by atoms with Crippen LogP contribution in [0.2, 0.25) is 0 Å². The van der Waals surface area contributed by atoms with E-state index in [9.17, 15) is 62.6 Å². The summed E-state index contributed by atoms with van der Waals surface area (Å²) in [6.07, 6.45) is -16.6. The summed E-state index contributed by atoms with van der Waals surface area (Å²) < 4.78 is 159. The van der Waals surface area contributed by atoms with Crippen LogP contribution < -0.4 is 0 Å². The van der Waals surface area contributed by atoms with Crippen molar-refractivity contribution in [1.29, 1.82) is 0 Å². The van der Waals surface area contributed by atoms with Gasteiger partial charge in [0, 0.05) is 25.0 Å². The van der Waals surface area contributed by atoms with Gasteiger partial charge in [0.1, 0.15) is 22.6 Å². The predicted octanol–water partition coefficient (Wildman–Crippen LogP) is 5.38. The van der Waals surface area contributed by atoms with E-state index in [0.29, 0.717) is 0 Å². The Morgan fingerprint density at radius 2 is 1.32 bits per heavy atom. The summed E-state index contributed by atoms with van der Waals surface area (Å²) in [5.41, 5.74) is -12.4. The standard InChI is InChI=1S/C18H6F12N4O2.Zn/c1-4-8(12(35)5-2-6(16(22,23)24)31-7(3-5)17(25,26)27)15(36)34(33-4)11-9(19)13(18(28,29)30)32-14(21)10(11)20;/h2-3,36H,1H3;. The second-order valence-corrected chi connectivity index (χ2v) is 6.87. The number of halogens is 12. The number of pyridine rings is 2. The molecule has 19 heteroatoms. The van der Waals surface area contributed by atoms with Crippen LogP contribution in [0.3, 0.4) is 0 Å². The topological polar surface area (TPSA) is 80.9 Å². The van der Waals surface area contributed by atoms with Gasteiger partial charge in [0.15, 0.2) is 11.5 Å². The number of carbonyl (C=O) groups is 1. The van der Waals surface area contributed by atoms with Crippen molar-refractivity contribution in [2.45, 2.75) is 25.5 Å². The molecule has 196 valence electrons. The van der Waals surface area contributed by atoms with E-state index in [0.717, 1.165) is 6.92 Å².